The summed E-state index contributed by atoms with van der Waals surface area (Å²) in [4.78, 5) is 25.5. The molecule has 0 radical (unpaired) electrons. The van der Waals surface area contributed by atoms with E-state index in [2.05, 4.69) is 25.4 Å². The summed E-state index contributed by atoms with van der Waals surface area (Å²) in [6.45, 7) is 1.40. The van der Waals surface area contributed by atoms with E-state index in [1.165, 1.54) is 4.68 Å². The molecule has 0 spiro atoms. The van der Waals surface area contributed by atoms with E-state index in [1.54, 1.807) is 23.4 Å². The third-order valence-corrected chi connectivity index (χ3v) is 2.66. The number of nitrogens with zero attached hydrogens (tertiary/aromatic N) is 6. The number of hydrogen-bond acceptors (Lipinski definition) is 7. The molecule has 1 amide bonds. The fourth-order valence-electron chi connectivity index (χ4n) is 1.81. The normalized spacial score (nSPS) is 15.4. The minimum absolute atomic E-state index is 0.0640. The number of carbonyl (C=O) groups is 1. The van der Waals surface area contributed by atoms with Crippen molar-refractivity contribution in [3.63, 3.8) is 0 Å². The molecule has 9 nitrogen and oxygen atoms in total. The molecule has 1 saturated heterocycles. The number of aromatic nitrogens is 5. The first kappa shape index (κ1) is 11.4. The van der Waals surface area contributed by atoms with Crippen molar-refractivity contribution in [2.24, 2.45) is 0 Å². The predicted molar refractivity (Wildman–Crippen MR) is 66.6 cm³/mol. The lowest BCUT2D eigenvalue weighted by atomic mass is 10.4. The Hall–Kier alpha value is -2.71. The van der Waals surface area contributed by atoms with Crippen molar-refractivity contribution < 1.29 is 4.79 Å². The summed E-state index contributed by atoms with van der Waals surface area (Å²) in [7, 11) is 0. The van der Waals surface area contributed by atoms with Crippen LogP contribution in [0.25, 0.3) is 5.95 Å². The third kappa shape index (κ3) is 2.30. The van der Waals surface area contributed by atoms with Gasteiger partial charge in [0.15, 0.2) is 0 Å². The van der Waals surface area contributed by atoms with Crippen LogP contribution in [0.15, 0.2) is 18.5 Å². The Balaban J connectivity index is 1.95. The van der Waals surface area contributed by atoms with Gasteiger partial charge in [-0.05, 0) is 6.07 Å². The summed E-state index contributed by atoms with van der Waals surface area (Å²) in [6.07, 6.45) is 3.33. The van der Waals surface area contributed by atoms with Crippen molar-refractivity contribution in [3.8, 4) is 5.95 Å². The zero-order chi connectivity index (χ0) is 13.2. The van der Waals surface area contributed by atoms with E-state index >= 15 is 0 Å². The first-order valence-corrected chi connectivity index (χ1v) is 5.75. The average molecular weight is 260 g/mol. The van der Waals surface area contributed by atoms with Crippen LogP contribution in [0.3, 0.4) is 0 Å². The van der Waals surface area contributed by atoms with Crippen molar-refractivity contribution in [2.75, 3.05) is 30.3 Å². The minimum atomic E-state index is -0.0640. The maximum atomic E-state index is 11.4. The number of piperazine rings is 1. The standard InChI is InChI=1S/C10H12N8O/c11-8-14-9(17-5-3-12-7(19)6-17)16-10(15-8)18-4-1-2-13-18/h1-2,4H,3,5-6H2,(H,12,19)(H2,11,14,15,16). The fourth-order valence-corrected chi connectivity index (χ4v) is 1.81. The highest BCUT2D eigenvalue weighted by Crippen LogP contribution is 2.12. The van der Waals surface area contributed by atoms with Crippen molar-refractivity contribution >= 4 is 17.8 Å². The maximum Gasteiger partial charge on any atom is 0.257 e. The van der Waals surface area contributed by atoms with Gasteiger partial charge in [-0.1, -0.05) is 0 Å². The second kappa shape index (κ2) is 4.52. The summed E-state index contributed by atoms with van der Waals surface area (Å²) < 4.78 is 1.49. The molecule has 1 fully saturated rings. The smallest absolute Gasteiger partial charge is 0.257 e. The quantitative estimate of drug-likeness (QED) is 0.680. The topological polar surface area (TPSA) is 115 Å². The van der Waals surface area contributed by atoms with Gasteiger partial charge in [-0.2, -0.15) is 20.1 Å². The van der Waals surface area contributed by atoms with Gasteiger partial charge in [0.25, 0.3) is 5.95 Å². The molecule has 9 heteroatoms. The van der Waals surface area contributed by atoms with Gasteiger partial charge in [0, 0.05) is 25.5 Å². The molecule has 3 heterocycles. The van der Waals surface area contributed by atoms with E-state index < -0.39 is 0 Å². The highest BCUT2D eigenvalue weighted by molar-refractivity contribution is 5.81. The second-order valence-corrected chi connectivity index (χ2v) is 4.02. The van der Waals surface area contributed by atoms with Crippen molar-refractivity contribution in [1.29, 1.82) is 0 Å². The monoisotopic (exact) mass is 260 g/mol. The van der Waals surface area contributed by atoms with Crippen molar-refractivity contribution in [1.82, 2.24) is 30.0 Å². The lowest BCUT2D eigenvalue weighted by molar-refractivity contribution is -0.120. The fraction of sp³-hybridized carbons (Fsp3) is 0.300. The molecule has 0 aromatic carbocycles. The maximum absolute atomic E-state index is 11.4. The molecule has 19 heavy (non-hydrogen) atoms. The lowest BCUT2D eigenvalue weighted by Gasteiger charge is -2.26. The van der Waals surface area contributed by atoms with E-state index in [1.807, 2.05) is 0 Å². The lowest BCUT2D eigenvalue weighted by Crippen LogP contribution is -2.48. The molecule has 1 aliphatic rings. The highest BCUT2D eigenvalue weighted by Gasteiger charge is 2.20. The Bertz CT molecular complexity index is 596. The van der Waals surface area contributed by atoms with Gasteiger partial charge in [0.05, 0.1) is 6.54 Å². The molecule has 3 N–H and O–H groups in total. The molecule has 1 aliphatic heterocycles. The molecule has 3 rings (SSSR count). The zero-order valence-electron chi connectivity index (χ0n) is 10.0. The van der Waals surface area contributed by atoms with Crippen LogP contribution in [0.4, 0.5) is 11.9 Å². The summed E-state index contributed by atoms with van der Waals surface area (Å²) in [5, 5.41) is 6.78. The largest absolute Gasteiger partial charge is 0.368 e. The Labute approximate surface area is 108 Å². The van der Waals surface area contributed by atoms with Gasteiger partial charge in [-0.25, -0.2) is 4.68 Å². The molecule has 98 valence electrons. The summed E-state index contributed by atoms with van der Waals surface area (Å²) in [5.41, 5.74) is 5.68. The van der Waals surface area contributed by atoms with Gasteiger partial charge in [-0.15, -0.1) is 0 Å². The summed E-state index contributed by atoms with van der Waals surface area (Å²) >= 11 is 0. The molecule has 0 atom stereocenters. The van der Waals surface area contributed by atoms with Crippen molar-refractivity contribution in [3.05, 3.63) is 18.5 Å². The van der Waals surface area contributed by atoms with Gasteiger partial charge in [0.1, 0.15) is 0 Å². The van der Waals surface area contributed by atoms with Crippen LogP contribution in [0, 0.1) is 0 Å². The van der Waals surface area contributed by atoms with E-state index in [-0.39, 0.29) is 18.4 Å². The van der Waals surface area contributed by atoms with Crippen LogP contribution < -0.4 is 16.0 Å². The van der Waals surface area contributed by atoms with E-state index in [0.717, 1.165) is 0 Å². The number of nitrogens with two attached hydrogens (primary N) is 1. The van der Waals surface area contributed by atoms with Crippen LogP contribution in [-0.4, -0.2) is 50.3 Å². The molecule has 0 bridgehead atoms. The molecular weight excluding hydrogens is 248 g/mol. The number of nitrogens with one attached hydrogen (secondary N) is 1. The molecule has 0 aliphatic carbocycles. The van der Waals surface area contributed by atoms with E-state index in [0.29, 0.717) is 25.0 Å². The third-order valence-electron chi connectivity index (χ3n) is 2.66. The second-order valence-electron chi connectivity index (χ2n) is 4.02. The number of rotatable bonds is 2. The van der Waals surface area contributed by atoms with Gasteiger partial charge < -0.3 is 16.0 Å². The van der Waals surface area contributed by atoms with Crippen LogP contribution >= 0.6 is 0 Å². The van der Waals surface area contributed by atoms with Crippen LogP contribution in [0.5, 0.6) is 0 Å². The molecule has 0 saturated carbocycles. The van der Waals surface area contributed by atoms with Gasteiger partial charge in [0.2, 0.25) is 17.8 Å². The molecule has 0 unspecified atom stereocenters. The number of amides is 1. The highest BCUT2D eigenvalue weighted by atomic mass is 16.2. The van der Waals surface area contributed by atoms with Gasteiger partial charge >= 0.3 is 0 Å². The van der Waals surface area contributed by atoms with Crippen molar-refractivity contribution in [2.45, 2.75) is 0 Å². The first-order chi connectivity index (χ1) is 9.22. The Morgan fingerprint density at radius 1 is 1.26 bits per heavy atom. The van der Waals surface area contributed by atoms with Crippen LogP contribution in [-0.2, 0) is 4.79 Å². The Morgan fingerprint density at radius 3 is 2.84 bits per heavy atom. The number of nitrogen functional groups attached to an aromatic ring is 1. The number of anilines is 2. The summed E-state index contributed by atoms with van der Waals surface area (Å²) in [5.74, 6) is 0.749. The zero-order valence-corrected chi connectivity index (χ0v) is 10.0. The number of carbonyl (C=O) groups excluding carboxylic acids is 1. The Morgan fingerprint density at radius 2 is 2.11 bits per heavy atom. The molecular formula is C10H12N8O. The minimum Gasteiger partial charge on any atom is -0.368 e. The van der Waals surface area contributed by atoms with E-state index in [9.17, 15) is 4.79 Å². The first-order valence-electron chi connectivity index (χ1n) is 5.75. The van der Waals surface area contributed by atoms with Gasteiger partial charge in [-0.3, -0.25) is 4.79 Å². The number of hydrogen-bond donors (Lipinski definition) is 2. The molecule has 2 aromatic rings. The average Bonchev–Trinajstić information content (AvgIpc) is 2.92. The van der Waals surface area contributed by atoms with Crippen LogP contribution in [0.2, 0.25) is 0 Å². The van der Waals surface area contributed by atoms with Crippen LogP contribution in [0.1, 0.15) is 0 Å². The predicted octanol–water partition coefficient (Wildman–Crippen LogP) is -1.42. The SMILES string of the molecule is Nc1nc(N2CCNC(=O)C2)nc(-n2cccn2)n1. The molecule has 2 aromatic heterocycles. The van der Waals surface area contributed by atoms with E-state index in [4.69, 9.17) is 5.73 Å². The Kier molecular flexibility index (Phi) is 2.71. The summed E-state index contributed by atoms with van der Waals surface area (Å²) in [6, 6.07) is 1.76.